The van der Waals surface area contributed by atoms with Crippen molar-refractivity contribution < 1.29 is 14.3 Å². The van der Waals surface area contributed by atoms with E-state index in [4.69, 9.17) is 9.47 Å². The van der Waals surface area contributed by atoms with Crippen LogP contribution in [-0.2, 0) is 21.4 Å². The number of carbonyl (C=O) groups is 1. The van der Waals surface area contributed by atoms with E-state index in [1.807, 2.05) is 6.07 Å². The Kier molecular flexibility index (Phi) is 3.09. The minimum Gasteiger partial charge on any atom is -0.497 e. The molecule has 3 saturated heterocycles. The number of rotatable bonds is 3. The summed E-state index contributed by atoms with van der Waals surface area (Å²) in [5, 5.41) is 1.19. The summed E-state index contributed by atoms with van der Waals surface area (Å²) in [4.78, 5) is 19.9. The van der Waals surface area contributed by atoms with E-state index < -0.39 is 5.41 Å². The summed E-state index contributed by atoms with van der Waals surface area (Å²) in [5.41, 5.74) is 3.46. The third-order valence-corrected chi connectivity index (χ3v) is 8.52. The first-order chi connectivity index (χ1) is 13.5. The first-order valence-electron chi connectivity index (χ1n) is 10.5. The van der Waals surface area contributed by atoms with Crippen LogP contribution >= 0.6 is 0 Å². The first-order valence-corrected chi connectivity index (χ1v) is 10.5. The van der Waals surface area contributed by atoms with Crippen molar-refractivity contribution >= 4 is 16.9 Å². The predicted molar refractivity (Wildman–Crippen MR) is 107 cm³/mol. The van der Waals surface area contributed by atoms with Crippen LogP contribution in [0, 0.1) is 10.8 Å². The third kappa shape index (κ3) is 1.71. The van der Waals surface area contributed by atoms with E-state index in [2.05, 4.69) is 28.9 Å². The van der Waals surface area contributed by atoms with Gasteiger partial charge in [0, 0.05) is 35.7 Å². The number of fused-ring (bicyclic) bond motifs is 3. The standard InChI is InChI=1S/C23H28N2O3/c1-4-22-10-21(11-22)12-23(20(26)28-3)18-15(7-8-25(13-21)19(22)23)16-9-14(27-2)5-6-17(16)24-18/h5-6,9,19,24H,4,7-8,10-13H2,1-3H3/t19?,21?,22?,23-/m1/s1. The van der Waals surface area contributed by atoms with Crippen LogP contribution in [0.5, 0.6) is 5.75 Å². The molecule has 3 saturated carbocycles. The zero-order chi connectivity index (χ0) is 19.3. The van der Waals surface area contributed by atoms with Crippen molar-refractivity contribution in [2.24, 2.45) is 10.8 Å². The highest BCUT2D eigenvalue weighted by Gasteiger charge is 2.77. The zero-order valence-corrected chi connectivity index (χ0v) is 16.9. The van der Waals surface area contributed by atoms with E-state index in [1.165, 1.54) is 23.8 Å². The Balaban J connectivity index is 1.65. The first kappa shape index (κ1) is 16.9. The molecule has 0 amide bonds. The fraction of sp³-hybridized carbons (Fsp3) is 0.609. The molecular formula is C23H28N2O3. The summed E-state index contributed by atoms with van der Waals surface area (Å²) in [7, 11) is 3.26. The predicted octanol–water partition coefficient (Wildman–Crippen LogP) is 3.41. The number of aromatic nitrogens is 1. The maximum atomic E-state index is 13.5. The van der Waals surface area contributed by atoms with E-state index >= 15 is 0 Å². The molecule has 4 aliphatic heterocycles. The lowest BCUT2D eigenvalue weighted by molar-refractivity contribution is -0.258. The molecule has 5 heteroatoms. The van der Waals surface area contributed by atoms with Gasteiger partial charge >= 0.3 is 5.97 Å². The molecule has 1 spiro atoms. The molecule has 3 aliphatic carbocycles. The van der Waals surface area contributed by atoms with Crippen molar-refractivity contribution in [2.45, 2.75) is 50.5 Å². The van der Waals surface area contributed by atoms with Gasteiger partial charge in [0.2, 0.25) is 0 Å². The minimum atomic E-state index is -0.572. The lowest BCUT2D eigenvalue weighted by atomic mass is 9.34. The number of hydrogen-bond acceptors (Lipinski definition) is 4. The number of esters is 1. The number of benzene rings is 1. The van der Waals surface area contributed by atoms with Gasteiger partial charge in [-0.05, 0) is 66.7 Å². The number of nitrogens with one attached hydrogen (secondary N) is 1. The second-order valence-corrected chi connectivity index (χ2v) is 9.72. The Bertz CT molecular complexity index is 1000. The molecule has 5 nitrogen and oxygen atoms in total. The Morgan fingerprint density at radius 3 is 2.82 bits per heavy atom. The van der Waals surface area contributed by atoms with Crippen LogP contribution in [0.1, 0.15) is 43.9 Å². The molecular weight excluding hydrogens is 352 g/mol. The van der Waals surface area contributed by atoms with Crippen LogP contribution in [0.25, 0.3) is 10.9 Å². The van der Waals surface area contributed by atoms with Crippen LogP contribution < -0.4 is 4.74 Å². The maximum absolute atomic E-state index is 13.5. The molecule has 9 rings (SSSR count). The lowest BCUT2D eigenvalue weighted by Gasteiger charge is -2.76. The smallest absolute Gasteiger partial charge is 0.319 e. The van der Waals surface area contributed by atoms with E-state index in [0.29, 0.717) is 0 Å². The average Bonchev–Trinajstić information content (AvgIpc) is 3.03. The van der Waals surface area contributed by atoms with Gasteiger partial charge in [-0.3, -0.25) is 9.69 Å². The van der Waals surface area contributed by atoms with Gasteiger partial charge in [-0.1, -0.05) is 6.92 Å². The monoisotopic (exact) mass is 380 g/mol. The molecule has 2 unspecified atom stereocenters. The summed E-state index contributed by atoms with van der Waals surface area (Å²) in [6.45, 7) is 4.47. The van der Waals surface area contributed by atoms with Crippen molar-refractivity contribution in [1.82, 2.24) is 9.88 Å². The van der Waals surface area contributed by atoms with Gasteiger partial charge < -0.3 is 14.5 Å². The van der Waals surface area contributed by atoms with Crippen molar-refractivity contribution in [1.29, 1.82) is 0 Å². The van der Waals surface area contributed by atoms with Crippen LogP contribution in [-0.4, -0.2) is 49.2 Å². The third-order valence-electron chi connectivity index (χ3n) is 8.52. The van der Waals surface area contributed by atoms with Gasteiger partial charge in [0.25, 0.3) is 0 Å². The van der Waals surface area contributed by atoms with Crippen LogP contribution in [0.3, 0.4) is 0 Å². The Hall–Kier alpha value is -2.01. The van der Waals surface area contributed by atoms with Crippen molar-refractivity contribution in [3.05, 3.63) is 29.5 Å². The summed E-state index contributed by atoms with van der Waals surface area (Å²) in [6.07, 6.45) is 5.58. The van der Waals surface area contributed by atoms with Crippen molar-refractivity contribution in [3.8, 4) is 5.75 Å². The number of aromatic amines is 1. The molecule has 1 N–H and O–H groups in total. The molecule has 1 aromatic carbocycles. The Morgan fingerprint density at radius 2 is 2.11 bits per heavy atom. The van der Waals surface area contributed by atoms with Gasteiger partial charge in [0.1, 0.15) is 11.2 Å². The molecule has 3 atom stereocenters. The van der Waals surface area contributed by atoms with Crippen molar-refractivity contribution in [3.63, 3.8) is 0 Å². The van der Waals surface area contributed by atoms with Gasteiger partial charge in [-0.25, -0.2) is 0 Å². The van der Waals surface area contributed by atoms with Gasteiger partial charge in [-0.2, -0.15) is 0 Å². The second-order valence-electron chi connectivity index (χ2n) is 9.72. The average molecular weight is 380 g/mol. The van der Waals surface area contributed by atoms with E-state index in [9.17, 15) is 4.79 Å². The lowest BCUT2D eigenvalue weighted by Crippen LogP contribution is -2.81. The van der Waals surface area contributed by atoms with Gasteiger partial charge in [0.05, 0.1) is 14.2 Å². The summed E-state index contributed by atoms with van der Waals surface area (Å²) in [5.74, 6) is 0.812. The van der Waals surface area contributed by atoms with Crippen LogP contribution in [0.15, 0.2) is 18.2 Å². The second kappa shape index (κ2) is 5.12. The number of nitrogens with zero attached hydrogens (tertiary/aromatic N) is 1. The molecule has 28 heavy (non-hydrogen) atoms. The van der Waals surface area contributed by atoms with E-state index in [0.717, 1.165) is 49.3 Å². The molecule has 148 valence electrons. The van der Waals surface area contributed by atoms with Gasteiger partial charge in [0.15, 0.2) is 0 Å². The van der Waals surface area contributed by atoms with Crippen molar-refractivity contribution in [2.75, 3.05) is 27.3 Å². The molecule has 5 heterocycles. The molecule has 1 aromatic heterocycles. The molecule has 5 bridgehead atoms. The highest BCUT2D eigenvalue weighted by atomic mass is 16.5. The number of hydrogen-bond donors (Lipinski definition) is 1. The normalized spacial score (nSPS) is 39.8. The van der Waals surface area contributed by atoms with E-state index in [1.54, 1.807) is 14.2 Å². The fourth-order valence-electron chi connectivity index (χ4n) is 7.95. The quantitative estimate of drug-likeness (QED) is 0.829. The van der Waals surface area contributed by atoms with Crippen LogP contribution in [0.4, 0.5) is 0 Å². The zero-order valence-electron chi connectivity index (χ0n) is 16.9. The summed E-state index contributed by atoms with van der Waals surface area (Å²) in [6, 6.07) is 6.43. The molecule has 6 fully saturated rings. The molecule has 2 aromatic rings. The van der Waals surface area contributed by atoms with Crippen LogP contribution in [0.2, 0.25) is 0 Å². The fourth-order valence-corrected chi connectivity index (χ4v) is 7.95. The minimum absolute atomic E-state index is 0.0505. The highest BCUT2D eigenvalue weighted by molar-refractivity contribution is 5.92. The Labute approximate surface area is 165 Å². The number of methoxy groups -OCH3 is 2. The Morgan fingerprint density at radius 1 is 1.29 bits per heavy atom. The number of H-pyrrole nitrogens is 1. The summed E-state index contributed by atoms with van der Waals surface area (Å²) < 4.78 is 11.0. The topological polar surface area (TPSA) is 54.6 Å². The number of carbonyl (C=O) groups excluding carboxylic acids is 1. The SMILES string of the molecule is CCC12CC3(CN4CCc5c([nH]c6ccc(OC)cc56)[C@](C(=O)OC)(C3)C41)C2. The van der Waals surface area contributed by atoms with Gasteiger partial charge in [-0.15, -0.1) is 0 Å². The molecule has 0 radical (unpaired) electrons. The number of ether oxygens (including phenoxy) is 2. The summed E-state index contributed by atoms with van der Waals surface area (Å²) >= 11 is 0. The van der Waals surface area contributed by atoms with E-state index in [-0.39, 0.29) is 22.8 Å². The number of piperidine rings is 3. The maximum Gasteiger partial charge on any atom is 0.319 e. The largest absolute Gasteiger partial charge is 0.497 e. The highest BCUT2D eigenvalue weighted by Crippen LogP contribution is 2.75. The molecule has 7 aliphatic rings.